The third-order valence-corrected chi connectivity index (χ3v) is 3.66. The molecule has 3 rings (SSSR count). The minimum Gasteiger partial charge on any atom is -0.308 e. The molecule has 2 aromatic rings. The smallest absolute Gasteiger partial charge is 0.308 e. The van der Waals surface area contributed by atoms with Crippen LogP contribution in [0.3, 0.4) is 0 Å². The average molecular weight is 299 g/mol. The van der Waals surface area contributed by atoms with Gasteiger partial charge < -0.3 is 5.32 Å². The van der Waals surface area contributed by atoms with E-state index in [1.165, 1.54) is 23.1 Å². The first-order valence-electron chi connectivity index (χ1n) is 6.94. The van der Waals surface area contributed by atoms with Crippen LogP contribution in [0.25, 0.3) is 0 Å². The summed E-state index contributed by atoms with van der Waals surface area (Å²) in [6.45, 7) is 0.355. The summed E-state index contributed by atoms with van der Waals surface area (Å²) in [5, 5.41) is 5.82. The maximum absolute atomic E-state index is 13.4. The van der Waals surface area contributed by atoms with Crippen molar-refractivity contribution in [3.63, 3.8) is 0 Å². The highest BCUT2D eigenvalue weighted by Crippen LogP contribution is 2.36. The molecule has 0 fully saturated rings. The number of halogens is 1. The van der Waals surface area contributed by atoms with E-state index in [1.54, 1.807) is 12.1 Å². The lowest BCUT2D eigenvalue weighted by Gasteiger charge is -2.31. The quantitative estimate of drug-likeness (QED) is 0.849. The Balaban J connectivity index is 1.89. The Bertz CT molecular complexity index is 706. The van der Waals surface area contributed by atoms with Crippen molar-refractivity contribution in [1.29, 1.82) is 0 Å². The molecule has 2 aromatic carbocycles. The minimum atomic E-state index is -0.619. The Morgan fingerprint density at radius 2 is 2.00 bits per heavy atom. The van der Waals surface area contributed by atoms with Crippen molar-refractivity contribution in [3.8, 4) is 0 Å². The van der Waals surface area contributed by atoms with Crippen molar-refractivity contribution >= 4 is 17.4 Å². The molecule has 1 atom stereocenters. The topological polar surface area (TPSA) is 61.8 Å². The molecule has 0 bridgehead atoms. The van der Waals surface area contributed by atoms with Gasteiger partial charge in [0.05, 0.1) is 5.69 Å². The zero-order valence-electron chi connectivity index (χ0n) is 11.7. The van der Waals surface area contributed by atoms with Gasteiger partial charge in [0.15, 0.2) is 0 Å². The molecule has 0 aliphatic carbocycles. The van der Waals surface area contributed by atoms with Gasteiger partial charge in [-0.15, -0.1) is 0 Å². The standard InChI is InChI=1S/C16H14FN3O2/c17-11-6-7-15-13(10-11)14(19-22)8-9-20(15)16(21)18-12-4-2-1-3-5-12/h1-7,10,14H,8-9H2,(H,18,21). The zero-order valence-corrected chi connectivity index (χ0v) is 11.7. The molecule has 0 saturated heterocycles. The number of benzene rings is 2. The van der Waals surface area contributed by atoms with Gasteiger partial charge in [-0.3, -0.25) is 4.90 Å². The summed E-state index contributed by atoms with van der Waals surface area (Å²) < 4.78 is 13.4. The van der Waals surface area contributed by atoms with Crippen molar-refractivity contribution in [2.45, 2.75) is 12.5 Å². The van der Waals surface area contributed by atoms with Gasteiger partial charge >= 0.3 is 6.03 Å². The molecular weight excluding hydrogens is 285 g/mol. The number of rotatable bonds is 2. The van der Waals surface area contributed by atoms with Crippen LogP contribution in [-0.4, -0.2) is 12.6 Å². The third kappa shape index (κ3) is 2.67. The van der Waals surface area contributed by atoms with E-state index in [4.69, 9.17) is 0 Å². The predicted octanol–water partition coefficient (Wildman–Crippen LogP) is 4.08. The lowest BCUT2D eigenvalue weighted by Crippen LogP contribution is -2.39. The molecule has 1 heterocycles. The van der Waals surface area contributed by atoms with E-state index in [-0.39, 0.29) is 6.03 Å². The summed E-state index contributed by atoms with van der Waals surface area (Å²) in [5.74, 6) is -0.447. The first kappa shape index (κ1) is 14.2. The van der Waals surface area contributed by atoms with Gasteiger partial charge in [0, 0.05) is 17.8 Å². The lowest BCUT2D eigenvalue weighted by atomic mass is 9.97. The van der Waals surface area contributed by atoms with Gasteiger partial charge in [-0.1, -0.05) is 23.4 Å². The van der Waals surface area contributed by atoms with E-state index in [2.05, 4.69) is 10.5 Å². The second kappa shape index (κ2) is 5.93. The number of nitrogens with one attached hydrogen (secondary N) is 1. The molecule has 0 spiro atoms. The van der Waals surface area contributed by atoms with Crippen LogP contribution >= 0.6 is 0 Å². The van der Waals surface area contributed by atoms with Gasteiger partial charge in [0.25, 0.3) is 0 Å². The molecule has 0 radical (unpaired) electrons. The summed E-state index contributed by atoms with van der Waals surface area (Å²) in [4.78, 5) is 24.8. The SMILES string of the molecule is O=NC1CCN(C(=O)Nc2ccccc2)c2ccc(F)cc21. The van der Waals surface area contributed by atoms with Crippen LogP contribution < -0.4 is 10.2 Å². The van der Waals surface area contributed by atoms with E-state index in [9.17, 15) is 14.1 Å². The molecule has 1 aliphatic heterocycles. The molecular formula is C16H14FN3O2. The van der Waals surface area contributed by atoms with Crippen LogP contribution in [0.4, 0.5) is 20.6 Å². The number of nitrogens with zero attached hydrogens (tertiary/aromatic N) is 2. The Kier molecular flexibility index (Phi) is 3.82. The lowest BCUT2D eigenvalue weighted by molar-refractivity contribution is 0.256. The summed E-state index contributed by atoms with van der Waals surface area (Å²) >= 11 is 0. The fraction of sp³-hybridized carbons (Fsp3) is 0.188. The number of anilines is 2. The molecule has 1 N–H and O–H groups in total. The van der Waals surface area contributed by atoms with Crippen molar-refractivity contribution < 1.29 is 9.18 Å². The molecule has 1 unspecified atom stereocenters. The minimum absolute atomic E-state index is 0.316. The largest absolute Gasteiger partial charge is 0.326 e. The third-order valence-electron chi connectivity index (χ3n) is 3.66. The van der Waals surface area contributed by atoms with E-state index < -0.39 is 11.9 Å². The van der Waals surface area contributed by atoms with Crippen molar-refractivity contribution in [2.75, 3.05) is 16.8 Å². The van der Waals surface area contributed by atoms with Gasteiger partial charge in [-0.05, 0) is 36.8 Å². The second-order valence-electron chi connectivity index (χ2n) is 5.06. The van der Waals surface area contributed by atoms with E-state index in [0.717, 1.165) is 0 Å². The number of nitroso groups, excluding NO2 is 1. The second-order valence-corrected chi connectivity index (χ2v) is 5.06. The van der Waals surface area contributed by atoms with Gasteiger partial charge in [0.2, 0.25) is 0 Å². The van der Waals surface area contributed by atoms with E-state index >= 15 is 0 Å². The summed E-state index contributed by atoms with van der Waals surface area (Å²) in [5.41, 5.74) is 1.64. The fourth-order valence-corrected chi connectivity index (χ4v) is 2.60. The number of para-hydroxylation sites is 1. The van der Waals surface area contributed by atoms with E-state index in [0.29, 0.717) is 29.9 Å². The molecule has 112 valence electrons. The number of carbonyl (C=O) groups excluding carboxylic acids is 1. The molecule has 5 nitrogen and oxygen atoms in total. The van der Waals surface area contributed by atoms with Crippen molar-refractivity contribution in [3.05, 3.63) is 64.8 Å². The van der Waals surface area contributed by atoms with Crippen LogP contribution in [0.15, 0.2) is 53.7 Å². The monoisotopic (exact) mass is 299 g/mol. The highest BCUT2D eigenvalue weighted by atomic mass is 19.1. The van der Waals surface area contributed by atoms with Crippen LogP contribution in [0.1, 0.15) is 18.0 Å². The molecule has 6 heteroatoms. The predicted molar refractivity (Wildman–Crippen MR) is 82.4 cm³/mol. The van der Waals surface area contributed by atoms with Crippen LogP contribution in [0, 0.1) is 10.7 Å². The number of hydrogen-bond donors (Lipinski definition) is 1. The zero-order chi connectivity index (χ0) is 15.5. The van der Waals surface area contributed by atoms with Crippen molar-refractivity contribution in [1.82, 2.24) is 0 Å². The summed E-state index contributed by atoms with van der Waals surface area (Å²) in [6.07, 6.45) is 0.377. The van der Waals surface area contributed by atoms with Crippen LogP contribution in [0.2, 0.25) is 0 Å². The van der Waals surface area contributed by atoms with Crippen LogP contribution in [0.5, 0.6) is 0 Å². The van der Waals surface area contributed by atoms with E-state index in [1.807, 2.05) is 18.2 Å². The molecule has 0 saturated carbocycles. The molecule has 22 heavy (non-hydrogen) atoms. The van der Waals surface area contributed by atoms with Gasteiger partial charge in [0.1, 0.15) is 11.9 Å². The first-order valence-corrected chi connectivity index (χ1v) is 6.94. The summed E-state index contributed by atoms with van der Waals surface area (Å²) in [7, 11) is 0. The number of amides is 2. The Labute approximate surface area is 126 Å². The maximum atomic E-state index is 13.4. The number of fused-ring (bicyclic) bond motifs is 1. The van der Waals surface area contributed by atoms with Crippen molar-refractivity contribution in [2.24, 2.45) is 5.18 Å². The molecule has 2 amide bonds. The maximum Gasteiger partial charge on any atom is 0.326 e. The number of hydrogen-bond acceptors (Lipinski definition) is 3. The first-order chi connectivity index (χ1) is 10.7. The summed E-state index contributed by atoms with van der Waals surface area (Å²) in [6, 6.07) is 12.2. The number of urea groups is 1. The Morgan fingerprint density at radius 3 is 2.73 bits per heavy atom. The number of carbonyl (C=O) groups is 1. The van der Waals surface area contributed by atoms with Crippen LogP contribution in [-0.2, 0) is 0 Å². The Hall–Kier alpha value is -2.76. The normalized spacial score (nSPS) is 16.8. The van der Waals surface area contributed by atoms with Gasteiger partial charge in [-0.2, -0.15) is 4.91 Å². The highest BCUT2D eigenvalue weighted by Gasteiger charge is 2.29. The highest BCUT2D eigenvalue weighted by molar-refractivity contribution is 6.02. The fourth-order valence-electron chi connectivity index (χ4n) is 2.60. The van der Waals surface area contributed by atoms with Gasteiger partial charge in [-0.25, -0.2) is 9.18 Å². The molecule has 0 aromatic heterocycles. The Morgan fingerprint density at radius 1 is 1.23 bits per heavy atom. The average Bonchev–Trinajstić information content (AvgIpc) is 2.54. The molecule has 1 aliphatic rings.